The Morgan fingerprint density at radius 1 is 1.32 bits per heavy atom. The van der Waals surface area contributed by atoms with Crippen LogP contribution in [0.4, 0.5) is 0 Å². The second-order valence-corrected chi connectivity index (χ2v) is 6.97. The summed E-state index contributed by atoms with van der Waals surface area (Å²) >= 11 is 0. The van der Waals surface area contributed by atoms with Crippen LogP contribution >= 0.6 is 0 Å². The van der Waals surface area contributed by atoms with Gasteiger partial charge in [0, 0.05) is 19.4 Å². The molecule has 22 heavy (non-hydrogen) atoms. The zero-order chi connectivity index (χ0) is 16.8. The SMILES string of the molecule is CCCCCCC(O)(CC(=O)OC(C)(C)C)c1nccn1C. The number of nitrogens with zero attached hydrogens (tertiary/aromatic N) is 2. The Bertz CT molecular complexity index is 476. The van der Waals surface area contributed by atoms with Gasteiger partial charge in [0.05, 0.1) is 6.42 Å². The van der Waals surface area contributed by atoms with Crippen molar-refractivity contribution >= 4 is 5.97 Å². The van der Waals surface area contributed by atoms with E-state index in [1.54, 1.807) is 17.0 Å². The highest BCUT2D eigenvalue weighted by Crippen LogP contribution is 2.31. The van der Waals surface area contributed by atoms with Gasteiger partial charge >= 0.3 is 5.97 Å². The summed E-state index contributed by atoms with van der Waals surface area (Å²) < 4.78 is 7.13. The molecule has 0 radical (unpaired) electrons. The van der Waals surface area contributed by atoms with Crippen molar-refractivity contribution in [3.05, 3.63) is 18.2 Å². The molecule has 0 saturated heterocycles. The molecule has 1 rings (SSSR count). The van der Waals surface area contributed by atoms with Crippen LogP contribution < -0.4 is 0 Å². The Balaban J connectivity index is 2.82. The van der Waals surface area contributed by atoms with Gasteiger partial charge in [-0.15, -0.1) is 0 Å². The number of ether oxygens (including phenoxy) is 1. The average molecular weight is 310 g/mol. The molecule has 5 nitrogen and oxygen atoms in total. The van der Waals surface area contributed by atoms with Crippen LogP contribution in [0.15, 0.2) is 12.4 Å². The van der Waals surface area contributed by atoms with Gasteiger partial charge in [-0.25, -0.2) is 4.98 Å². The predicted molar refractivity (Wildman–Crippen MR) is 86.3 cm³/mol. The van der Waals surface area contributed by atoms with Gasteiger partial charge in [0.1, 0.15) is 17.0 Å². The van der Waals surface area contributed by atoms with Crippen molar-refractivity contribution in [1.82, 2.24) is 9.55 Å². The van der Waals surface area contributed by atoms with Crippen molar-refractivity contribution in [2.24, 2.45) is 7.05 Å². The molecule has 126 valence electrons. The van der Waals surface area contributed by atoms with E-state index in [9.17, 15) is 9.90 Å². The molecule has 0 aromatic carbocycles. The Morgan fingerprint density at radius 2 is 2.00 bits per heavy atom. The molecule has 0 aliphatic heterocycles. The number of aromatic nitrogens is 2. The van der Waals surface area contributed by atoms with Crippen molar-refractivity contribution in [3.8, 4) is 0 Å². The first-order valence-corrected chi connectivity index (χ1v) is 8.10. The van der Waals surface area contributed by atoms with Crippen molar-refractivity contribution in [3.63, 3.8) is 0 Å². The largest absolute Gasteiger partial charge is 0.460 e. The third-order valence-corrected chi connectivity index (χ3v) is 3.54. The van der Waals surface area contributed by atoms with Crippen LogP contribution in [0.3, 0.4) is 0 Å². The lowest BCUT2D eigenvalue weighted by Gasteiger charge is -2.29. The van der Waals surface area contributed by atoms with E-state index in [0.717, 1.165) is 25.7 Å². The number of hydrogen-bond donors (Lipinski definition) is 1. The number of imidazole rings is 1. The van der Waals surface area contributed by atoms with E-state index in [1.807, 2.05) is 27.8 Å². The van der Waals surface area contributed by atoms with E-state index >= 15 is 0 Å². The number of carbonyl (C=O) groups excluding carboxylic acids is 1. The molecular weight excluding hydrogens is 280 g/mol. The fraction of sp³-hybridized carbons (Fsp3) is 0.765. The minimum atomic E-state index is -1.27. The summed E-state index contributed by atoms with van der Waals surface area (Å²) in [7, 11) is 1.83. The van der Waals surface area contributed by atoms with Crippen LogP contribution in [0.2, 0.25) is 0 Å². The van der Waals surface area contributed by atoms with E-state index < -0.39 is 17.2 Å². The summed E-state index contributed by atoms with van der Waals surface area (Å²) in [5.74, 6) is 0.128. The van der Waals surface area contributed by atoms with Crippen LogP contribution in [-0.2, 0) is 22.2 Å². The number of carbonyl (C=O) groups is 1. The van der Waals surface area contributed by atoms with E-state index in [1.165, 1.54) is 0 Å². The lowest BCUT2D eigenvalue weighted by atomic mass is 9.91. The zero-order valence-corrected chi connectivity index (χ0v) is 14.6. The van der Waals surface area contributed by atoms with E-state index in [2.05, 4.69) is 11.9 Å². The maximum atomic E-state index is 12.2. The Kier molecular flexibility index (Phi) is 6.60. The Hall–Kier alpha value is -1.36. The predicted octanol–water partition coefficient (Wildman–Crippen LogP) is 3.31. The third-order valence-electron chi connectivity index (χ3n) is 3.54. The zero-order valence-electron chi connectivity index (χ0n) is 14.6. The fourth-order valence-corrected chi connectivity index (χ4v) is 2.55. The first kappa shape index (κ1) is 18.7. The van der Waals surface area contributed by atoms with Crippen LogP contribution in [0.25, 0.3) is 0 Å². The summed E-state index contributed by atoms with van der Waals surface area (Å²) in [5, 5.41) is 11.0. The minimum absolute atomic E-state index is 0.0682. The van der Waals surface area contributed by atoms with E-state index in [4.69, 9.17) is 4.74 Å². The molecule has 1 atom stereocenters. The molecule has 0 saturated carbocycles. The van der Waals surface area contributed by atoms with Crippen molar-refractivity contribution in [1.29, 1.82) is 0 Å². The lowest BCUT2D eigenvalue weighted by molar-refractivity contribution is -0.161. The van der Waals surface area contributed by atoms with Gasteiger partial charge in [-0.05, 0) is 27.2 Å². The topological polar surface area (TPSA) is 64.3 Å². The second-order valence-electron chi connectivity index (χ2n) is 6.97. The highest BCUT2D eigenvalue weighted by molar-refractivity contribution is 5.71. The minimum Gasteiger partial charge on any atom is -0.460 e. The first-order valence-electron chi connectivity index (χ1n) is 8.10. The highest BCUT2D eigenvalue weighted by atomic mass is 16.6. The van der Waals surface area contributed by atoms with Gasteiger partial charge in [0.25, 0.3) is 0 Å². The van der Waals surface area contributed by atoms with Crippen LogP contribution in [0.1, 0.15) is 72.0 Å². The molecule has 0 amide bonds. The molecule has 0 fully saturated rings. The highest BCUT2D eigenvalue weighted by Gasteiger charge is 2.37. The molecule has 0 aliphatic rings. The fourth-order valence-electron chi connectivity index (χ4n) is 2.55. The third kappa shape index (κ3) is 5.79. The summed E-state index contributed by atoms with van der Waals surface area (Å²) in [5.41, 5.74) is -1.82. The molecule has 1 N–H and O–H groups in total. The van der Waals surface area contributed by atoms with Crippen LogP contribution in [-0.4, -0.2) is 26.2 Å². The number of unbranched alkanes of at least 4 members (excludes halogenated alkanes) is 3. The van der Waals surface area contributed by atoms with Crippen LogP contribution in [0.5, 0.6) is 0 Å². The first-order chi connectivity index (χ1) is 10.2. The molecule has 5 heteroatoms. The van der Waals surface area contributed by atoms with Gasteiger partial charge in [0.15, 0.2) is 0 Å². The Labute approximate surface area is 133 Å². The summed E-state index contributed by atoms with van der Waals surface area (Å²) in [4.78, 5) is 16.4. The number of aliphatic hydroxyl groups is 1. The van der Waals surface area contributed by atoms with E-state index in [-0.39, 0.29) is 6.42 Å². The lowest BCUT2D eigenvalue weighted by Crippen LogP contribution is -2.35. The van der Waals surface area contributed by atoms with Gasteiger partial charge in [-0.1, -0.05) is 32.6 Å². The van der Waals surface area contributed by atoms with Crippen molar-refractivity contribution in [2.75, 3.05) is 0 Å². The molecule has 1 aromatic rings. The molecule has 1 heterocycles. The van der Waals surface area contributed by atoms with Crippen molar-refractivity contribution in [2.45, 2.75) is 77.4 Å². The molecule has 1 unspecified atom stereocenters. The van der Waals surface area contributed by atoms with Crippen LogP contribution in [0, 0.1) is 0 Å². The summed E-state index contributed by atoms with van der Waals surface area (Å²) in [6.07, 6.45) is 8.02. The number of esters is 1. The molecule has 0 bridgehead atoms. The Morgan fingerprint density at radius 3 is 2.50 bits per heavy atom. The number of aryl methyl sites for hydroxylation is 1. The second kappa shape index (κ2) is 7.77. The van der Waals surface area contributed by atoms with Gasteiger partial charge in [0.2, 0.25) is 0 Å². The quantitative estimate of drug-likeness (QED) is 0.591. The smallest absolute Gasteiger partial charge is 0.309 e. The molecule has 1 aromatic heterocycles. The standard InChI is InChI=1S/C17H30N2O3/c1-6-7-8-9-10-17(21,15-18-11-12-19(15)5)13-14(20)22-16(2,3)4/h11-12,21H,6-10,13H2,1-5H3. The molecular formula is C17H30N2O3. The maximum Gasteiger partial charge on any atom is 0.309 e. The van der Waals surface area contributed by atoms with E-state index in [0.29, 0.717) is 12.2 Å². The van der Waals surface area contributed by atoms with Gasteiger partial charge in [-0.3, -0.25) is 4.79 Å². The normalized spacial score (nSPS) is 14.6. The monoisotopic (exact) mass is 310 g/mol. The summed E-state index contributed by atoms with van der Waals surface area (Å²) in [6, 6.07) is 0. The summed E-state index contributed by atoms with van der Waals surface area (Å²) in [6.45, 7) is 7.62. The molecule has 0 aliphatic carbocycles. The van der Waals surface area contributed by atoms with Crippen molar-refractivity contribution < 1.29 is 14.6 Å². The number of hydrogen-bond acceptors (Lipinski definition) is 4. The molecule has 0 spiro atoms. The average Bonchev–Trinajstić information content (AvgIpc) is 2.79. The maximum absolute atomic E-state index is 12.2. The van der Waals surface area contributed by atoms with Gasteiger partial charge < -0.3 is 14.4 Å². The number of rotatable bonds is 8. The van der Waals surface area contributed by atoms with Gasteiger partial charge in [-0.2, -0.15) is 0 Å².